The number of hydrogen-bond donors (Lipinski definition) is 1. The third kappa shape index (κ3) is 3.00. The van der Waals surface area contributed by atoms with Gasteiger partial charge >= 0.3 is 0 Å². The second kappa shape index (κ2) is 5.37. The number of nitrogens with zero attached hydrogens (tertiary/aromatic N) is 3. The van der Waals surface area contributed by atoms with Crippen molar-refractivity contribution in [3.05, 3.63) is 40.7 Å². The Kier molecular flexibility index (Phi) is 3.84. The molecule has 0 amide bonds. The Balaban J connectivity index is 2.05. The van der Waals surface area contributed by atoms with E-state index in [4.69, 9.17) is 16.3 Å². The molecular formula is C12H14ClN3O2. The number of halogens is 1. The summed E-state index contributed by atoms with van der Waals surface area (Å²) in [7, 11) is 1.79. The van der Waals surface area contributed by atoms with E-state index in [0.717, 1.165) is 11.3 Å². The third-order valence-corrected chi connectivity index (χ3v) is 2.76. The largest absolute Gasteiger partial charge is 0.486 e. The molecule has 1 aromatic carbocycles. The number of ether oxygens (including phenoxy) is 1. The van der Waals surface area contributed by atoms with Crippen LogP contribution in [0.15, 0.2) is 24.4 Å². The minimum absolute atomic E-state index is 0.307. The number of aliphatic hydroxyl groups is 1. The average Bonchev–Trinajstić information content (AvgIpc) is 2.73. The van der Waals surface area contributed by atoms with Crippen LogP contribution in [0.4, 0.5) is 0 Å². The van der Waals surface area contributed by atoms with Gasteiger partial charge in [0.05, 0.1) is 17.3 Å². The molecule has 2 aromatic rings. The van der Waals surface area contributed by atoms with Crippen molar-refractivity contribution in [2.24, 2.45) is 7.05 Å². The van der Waals surface area contributed by atoms with E-state index in [1.54, 1.807) is 43.0 Å². The summed E-state index contributed by atoms with van der Waals surface area (Å²) in [4.78, 5) is 0. The maximum absolute atomic E-state index is 9.43. The minimum atomic E-state index is -0.545. The summed E-state index contributed by atoms with van der Waals surface area (Å²) in [6.07, 6.45) is 1.23. The smallest absolute Gasteiger partial charge is 0.138 e. The Hall–Kier alpha value is -1.59. The second-order valence-corrected chi connectivity index (χ2v) is 4.45. The molecule has 1 N–H and O–H groups in total. The molecule has 0 bridgehead atoms. The van der Waals surface area contributed by atoms with Gasteiger partial charge in [-0.2, -0.15) is 0 Å². The van der Waals surface area contributed by atoms with Crippen molar-refractivity contribution in [1.29, 1.82) is 0 Å². The van der Waals surface area contributed by atoms with Crippen LogP contribution in [0, 0.1) is 0 Å². The lowest BCUT2D eigenvalue weighted by Crippen LogP contribution is -1.98. The molecule has 5 nitrogen and oxygen atoms in total. The summed E-state index contributed by atoms with van der Waals surface area (Å²) in [5, 5.41) is 17.6. The molecule has 0 radical (unpaired) electrons. The van der Waals surface area contributed by atoms with Gasteiger partial charge in [0, 0.05) is 7.05 Å². The Morgan fingerprint density at radius 2 is 2.28 bits per heavy atom. The van der Waals surface area contributed by atoms with Crippen LogP contribution < -0.4 is 4.74 Å². The van der Waals surface area contributed by atoms with Crippen LogP contribution in [0.1, 0.15) is 24.3 Å². The molecule has 6 heteroatoms. The molecule has 0 aliphatic carbocycles. The molecule has 18 heavy (non-hydrogen) atoms. The van der Waals surface area contributed by atoms with E-state index in [0.29, 0.717) is 17.4 Å². The van der Waals surface area contributed by atoms with Crippen LogP contribution in [0.25, 0.3) is 0 Å². The fraction of sp³-hybridized carbons (Fsp3) is 0.333. The number of benzene rings is 1. The van der Waals surface area contributed by atoms with E-state index in [2.05, 4.69) is 10.3 Å². The Labute approximate surface area is 110 Å². The number of rotatable bonds is 4. The van der Waals surface area contributed by atoms with Gasteiger partial charge in [0.2, 0.25) is 0 Å². The van der Waals surface area contributed by atoms with Crippen molar-refractivity contribution in [1.82, 2.24) is 15.0 Å². The topological polar surface area (TPSA) is 60.2 Å². The predicted octanol–water partition coefficient (Wildman–Crippen LogP) is 2.10. The first-order valence-corrected chi connectivity index (χ1v) is 5.89. The fourth-order valence-corrected chi connectivity index (χ4v) is 1.75. The Morgan fingerprint density at radius 3 is 2.83 bits per heavy atom. The van der Waals surface area contributed by atoms with Crippen molar-refractivity contribution in [3.63, 3.8) is 0 Å². The molecule has 0 saturated carbocycles. The number of aliphatic hydroxyl groups excluding tert-OH is 1. The summed E-state index contributed by atoms with van der Waals surface area (Å²) < 4.78 is 7.15. The number of hydrogen-bond acceptors (Lipinski definition) is 4. The summed E-state index contributed by atoms with van der Waals surface area (Å²) in [5.41, 5.74) is 1.49. The zero-order chi connectivity index (χ0) is 13.1. The van der Waals surface area contributed by atoms with Gasteiger partial charge in [0.1, 0.15) is 18.1 Å². The summed E-state index contributed by atoms with van der Waals surface area (Å²) in [6, 6.07) is 5.21. The first-order chi connectivity index (χ1) is 8.56. The Bertz CT molecular complexity index is 540. The van der Waals surface area contributed by atoms with Gasteiger partial charge in [0.25, 0.3) is 0 Å². The van der Waals surface area contributed by atoms with Gasteiger partial charge in [-0.1, -0.05) is 22.9 Å². The van der Waals surface area contributed by atoms with E-state index in [1.807, 2.05) is 0 Å². The maximum atomic E-state index is 9.43. The molecule has 1 aromatic heterocycles. The standard InChI is InChI=1S/C12H14ClN3O2/c1-8(17)9-3-4-12(11(13)5-9)18-7-10-6-16(2)15-14-10/h3-6,8,17H,7H2,1-2H3/t8-/m0/s1. The molecule has 0 fully saturated rings. The molecule has 0 aliphatic heterocycles. The van der Waals surface area contributed by atoms with Gasteiger partial charge in [-0.25, -0.2) is 0 Å². The van der Waals surface area contributed by atoms with E-state index in [-0.39, 0.29) is 0 Å². The molecular weight excluding hydrogens is 254 g/mol. The lowest BCUT2D eigenvalue weighted by atomic mass is 10.1. The van der Waals surface area contributed by atoms with Crippen LogP contribution in [0.3, 0.4) is 0 Å². The van der Waals surface area contributed by atoms with Crippen LogP contribution in [0.5, 0.6) is 5.75 Å². The van der Waals surface area contributed by atoms with Crippen molar-refractivity contribution in [3.8, 4) is 5.75 Å². The molecule has 2 rings (SSSR count). The minimum Gasteiger partial charge on any atom is -0.486 e. The van der Waals surface area contributed by atoms with E-state index in [1.165, 1.54) is 0 Å². The van der Waals surface area contributed by atoms with Gasteiger partial charge in [0.15, 0.2) is 0 Å². The monoisotopic (exact) mass is 267 g/mol. The average molecular weight is 268 g/mol. The summed E-state index contributed by atoms with van der Waals surface area (Å²) in [5.74, 6) is 0.562. The predicted molar refractivity (Wildman–Crippen MR) is 67.4 cm³/mol. The molecule has 1 heterocycles. The summed E-state index contributed by atoms with van der Waals surface area (Å²) in [6.45, 7) is 1.99. The van der Waals surface area contributed by atoms with E-state index in [9.17, 15) is 5.11 Å². The van der Waals surface area contributed by atoms with Crippen LogP contribution >= 0.6 is 11.6 Å². The maximum Gasteiger partial charge on any atom is 0.138 e. The summed E-state index contributed by atoms with van der Waals surface area (Å²) >= 11 is 6.07. The highest BCUT2D eigenvalue weighted by molar-refractivity contribution is 6.32. The molecule has 0 spiro atoms. The first-order valence-electron chi connectivity index (χ1n) is 5.52. The molecule has 0 unspecified atom stereocenters. The molecule has 96 valence electrons. The van der Waals surface area contributed by atoms with E-state index < -0.39 is 6.10 Å². The highest BCUT2D eigenvalue weighted by Crippen LogP contribution is 2.28. The number of aryl methyl sites for hydroxylation is 1. The third-order valence-electron chi connectivity index (χ3n) is 2.46. The van der Waals surface area contributed by atoms with Crippen molar-refractivity contribution < 1.29 is 9.84 Å². The van der Waals surface area contributed by atoms with E-state index >= 15 is 0 Å². The van der Waals surface area contributed by atoms with Gasteiger partial charge in [-0.3, -0.25) is 4.68 Å². The van der Waals surface area contributed by atoms with Crippen molar-refractivity contribution in [2.45, 2.75) is 19.6 Å². The lowest BCUT2D eigenvalue weighted by Gasteiger charge is -2.09. The SMILES string of the molecule is C[C@H](O)c1ccc(OCc2cn(C)nn2)c(Cl)c1. The lowest BCUT2D eigenvalue weighted by molar-refractivity contribution is 0.199. The van der Waals surface area contributed by atoms with Gasteiger partial charge in [-0.15, -0.1) is 5.10 Å². The fourth-order valence-electron chi connectivity index (χ4n) is 1.51. The molecule has 1 atom stereocenters. The number of aromatic nitrogens is 3. The quantitative estimate of drug-likeness (QED) is 0.922. The molecule has 0 saturated heterocycles. The zero-order valence-electron chi connectivity index (χ0n) is 10.2. The van der Waals surface area contributed by atoms with Gasteiger partial charge < -0.3 is 9.84 Å². The van der Waals surface area contributed by atoms with Crippen LogP contribution in [0.2, 0.25) is 5.02 Å². The Morgan fingerprint density at radius 1 is 1.50 bits per heavy atom. The molecule has 0 aliphatic rings. The van der Waals surface area contributed by atoms with Crippen LogP contribution in [-0.2, 0) is 13.7 Å². The first kappa shape index (κ1) is 12.9. The second-order valence-electron chi connectivity index (χ2n) is 4.04. The highest BCUT2D eigenvalue weighted by Gasteiger charge is 2.07. The van der Waals surface area contributed by atoms with Crippen molar-refractivity contribution >= 4 is 11.6 Å². The zero-order valence-corrected chi connectivity index (χ0v) is 10.9. The van der Waals surface area contributed by atoms with Gasteiger partial charge in [-0.05, 0) is 24.6 Å². The highest BCUT2D eigenvalue weighted by atomic mass is 35.5. The van der Waals surface area contributed by atoms with Crippen molar-refractivity contribution in [2.75, 3.05) is 0 Å². The van der Waals surface area contributed by atoms with Crippen LogP contribution in [-0.4, -0.2) is 20.1 Å². The normalized spacial score (nSPS) is 12.4.